The van der Waals surface area contributed by atoms with E-state index in [-0.39, 0.29) is 16.9 Å². The molecule has 1 heterocycles. The van der Waals surface area contributed by atoms with E-state index in [9.17, 15) is 14.9 Å². The van der Waals surface area contributed by atoms with Gasteiger partial charge in [0.2, 0.25) is 5.78 Å². The van der Waals surface area contributed by atoms with Gasteiger partial charge in [-0.25, -0.2) is 0 Å². The molecule has 0 amide bonds. The summed E-state index contributed by atoms with van der Waals surface area (Å²) in [7, 11) is 1.60. The highest BCUT2D eigenvalue weighted by molar-refractivity contribution is 7.07. The number of hydrogen-bond acceptors (Lipinski definition) is 5. The van der Waals surface area contributed by atoms with Gasteiger partial charge in [0.1, 0.15) is 16.3 Å². The van der Waals surface area contributed by atoms with Gasteiger partial charge >= 0.3 is 0 Å². The molecule has 0 saturated heterocycles. The number of nitrogens with zero attached hydrogens (tertiary/aromatic N) is 2. The molecule has 0 N–H and O–H groups in total. The van der Waals surface area contributed by atoms with Crippen LogP contribution in [0, 0.1) is 18.3 Å². The van der Waals surface area contributed by atoms with E-state index in [2.05, 4.69) is 13.0 Å². The first-order valence-electron chi connectivity index (χ1n) is 11.0. The van der Waals surface area contributed by atoms with E-state index in [4.69, 9.17) is 4.74 Å². The molecule has 3 aromatic rings. The third kappa shape index (κ3) is 5.95. The van der Waals surface area contributed by atoms with Gasteiger partial charge in [0, 0.05) is 25.8 Å². The summed E-state index contributed by atoms with van der Waals surface area (Å²) < 4.78 is 7.55. The van der Waals surface area contributed by atoms with Crippen LogP contribution in [0.25, 0.3) is 11.6 Å². The molecule has 6 heteroatoms. The maximum atomic E-state index is 13.2. The summed E-state index contributed by atoms with van der Waals surface area (Å²) in [6.45, 7) is 4.94. The quantitative estimate of drug-likeness (QED) is 0.361. The SMILES string of the molecule is CCCc1ccc(C(=O)/C(C#N)=c2\s/c(=C\c3cccc(C)c3)c(=O)n2CCCOC)cc1. The molecule has 0 radical (unpaired) electrons. The molecular formula is C27H28N2O3S. The highest BCUT2D eigenvalue weighted by Crippen LogP contribution is 2.12. The van der Waals surface area contributed by atoms with E-state index in [0.29, 0.717) is 34.3 Å². The number of Topliss-reactive ketones (excluding diaryl/α,β-unsaturated/α-hetero) is 1. The lowest BCUT2D eigenvalue weighted by Crippen LogP contribution is -2.33. The number of aryl methyl sites for hydroxylation is 2. The minimum Gasteiger partial charge on any atom is -0.385 e. The first-order chi connectivity index (χ1) is 16.0. The van der Waals surface area contributed by atoms with Crippen LogP contribution in [0.15, 0.2) is 53.3 Å². The van der Waals surface area contributed by atoms with Crippen LogP contribution in [0.5, 0.6) is 0 Å². The van der Waals surface area contributed by atoms with E-state index in [1.165, 1.54) is 15.9 Å². The number of hydrogen-bond donors (Lipinski definition) is 0. The molecule has 33 heavy (non-hydrogen) atoms. The number of ether oxygens (including phenoxy) is 1. The van der Waals surface area contributed by atoms with Crippen LogP contribution in [0.2, 0.25) is 0 Å². The van der Waals surface area contributed by atoms with Gasteiger partial charge in [-0.1, -0.05) is 67.4 Å². The number of rotatable bonds is 9. The van der Waals surface area contributed by atoms with E-state index in [0.717, 1.165) is 29.5 Å². The second-order valence-corrected chi connectivity index (χ2v) is 8.93. The summed E-state index contributed by atoms with van der Waals surface area (Å²) >= 11 is 1.19. The molecule has 0 aliphatic heterocycles. The first kappa shape index (κ1) is 24.4. The normalized spacial score (nSPS) is 12.5. The highest BCUT2D eigenvalue weighted by Gasteiger charge is 2.17. The van der Waals surface area contributed by atoms with Crippen molar-refractivity contribution >= 4 is 28.8 Å². The maximum absolute atomic E-state index is 13.2. The van der Waals surface area contributed by atoms with Crippen LogP contribution >= 0.6 is 11.3 Å². The Morgan fingerprint density at radius 3 is 2.61 bits per heavy atom. The summed E-state index contributed by atoms with van der Waals surface area (Å²) in [6, 6.07) is 17.3. The van der Waals surface area contributed by atoms with Gasteiger partial charge in [0.25, 0.3) is 5.56 Å². The molecule has 2 aromatic carbocycles. The van der Waals surface area contributed by atoms with Crippen LogP contribution in [-0.2, 0) is 17.7 Å². The lowest BCUT2D eigenvalue weighted by atomic mass is 10.0. The average molecular weight is 461 g/mol. The third-order valence-electron chi connectivity index (χ3n) is 5.29. The Morgan fingerprint density at radius 1 is 1.21 bits per heavy atom. The van der Waals surface area contributed by atoms with Gasteiger partial charge in [0.05, 0.1) is 4.53 Å². The monoisotopic (exact) mass is 460 g/mol. The molecule has 1 aromatic heterocycles. The second-order valence-electron chi connectivity index (χ2n) is 7.90. The Balaban J connectivity index is 2.17. The topological polar surface area (TPSA) is 72.1 Å². The van der Waals surface area contributed by atoms with Crippen LogP contribution in [-0.4, -0.2) is 24.1 Å². The smallest absolute Gasteiger partial charge is 0.269 e. The van der Waals surface area contributed by atoms with Crippen LogP contribution in [0.3, 0.4) is 0 Å². The molecule has 0 saturated carbocycles. The molecule has 0 fully saturated rings. The summed E-state index contributed by atoms with van der Waals surface area (Å²) in [5.74, 6) is -0.371. The van der Waals surface area contributed by atoms with Crippen molar-refractivity contribution in [1.82, 2.24) is 4.57 Å². The Bertz CT molecular complexity index is 1340. The molecule has 170 valence electrons. The Hall–Kier alpha value is -3.27. The molecule has 0 bridgehead atoms. The molecule has 3 rings (SSSR count). The molecule has 5 nitrogen and oxygen atoms in total. The standard InChI is InChI=1S/C27H28N2O3S/c1-4-7-20-10-12-22(13-11-20)25(30)23(18-28)27-29(14-6-15-32-3)26(31)24(33-27)17-21-9-5-8-19(2)16-21/h5,8-13,16-17H,4,6-7,14-15H2,1-3H3/b24-17-,27-23-. The second kappa shape index (κ2) is 11.6. The molecule has 0 aliphatic rings. The van der Waals surface area contributed by atoms with Crippen molar-refractivity contribution in [2.24, 2.45) is 0 Å². The fraction of sp³-hybridized carbons (Fsp3) is 0.296. The van der Waals surface area contributed by atoms with Gasteiger partial charge in [-0.15, -0.1) is 11.3 Å². The highest BCUT2D eigenvalue weighted by atomic mass is 32.1. The zero-order chi connectivity index (χ0) is 23.8. The van der Waals surface area contributed by atoms with Crippen molar-refractivity contribution in [3.8, 4) is 6.07 Å². The number of carbonyl (C=O) groups is 1. The van der Waals surface area contributed by atoms with Crippen LogP contribution in [0.4, 0.5) is 0 Å². The predicted molar refractivity (Wildman–Crippen MR) is 133 cm³/mol. The minimum absolute atomic E-state index is 0.0124. The van der Waals surface area contributed by atoms with E-state index in [1.807, 2.05) is 49.4 Å². The van der Waals surface area contributed by atoms with Crippen LogP contribution in [0.1, 0.15) is 46.8 Å². The predicted octanol–water partition coefficient (Wildman–Crippen LogP) is 3.59. The Morgan fingerprint density at radius 2 is 1.97 bits per heavy atom. The molecular weight excluding hydrogens is 432 g/mol. The summed E-state index contributed by atoms with van der Waals surface area (Å²) in [5.41, 5.74) is 3.37. The number of benzene rings is 2. The summed E-state index contributed by atoms with van der Waals surface area (Å²) in [5, 5.41) is 9.92. The number of carbonyl (C=O) groups excluding carboxylic acids is 1. The molecule has 0 atom stereocenters. The molecule has 0 spiro atoms. The zero-order valence-electron chi connectivity index (χ0n) is 19.3. The van der Waals surface area contributed by atoms with Gasteiger partial charge in [-0.2, -0.15) is 5.26 Å². The van der Waals surface area contributed by atoms with Crippen molar-refractivity contribution in [2.75, 3.05) is 13.7 Å². The van der Waals surface area contributed by atoms with Crippen molar-refractivity contribution in [3.05, 3.63) is 90.3 Å². The van der Waals surface area contributed by atoms with Crippen molar-refractivity contribution in [1.29, 1.82) is 5.26 Å². The van der Waals surface area contributed by atoms with E-state index >= 15 is 0 Å². The maximum Gasteiger partial charge on any atom is 0.269 e. The van der Waals surface area contributed by atoms with Gasteiger partial charge in [0.15, 0.2) is 0 Å². The number of nitriles is 1. The summed E-state index contributed by atoms with van der Waals surface area (Å²) in [4.78, 5) is 26.5. The Labute approximate surface area is 197 Å². The van der Waals surface area contributed by atoms with Gasteiger partial charge < -0.3 is 4.74 Å². The van der Waals surface area contributed by atoms with Crippen molar-refractivity contribution in [3.63, 3.8) is 0 Å². The van der Waals surface area contributed by atoms with E-state index < -0.39 is 0 Å². The van der Waals surface area contributed by atoms with E-state index in [1.54, 1.807) is 19.2 Å². The Kier molecular flexibility index (Phi) is 8.53. The van der Waals surface area contributed by atoms with Gasteiger partial charge in [-0.05, 0) is 37.0 Å². The summed E-state index contributed by atoms with van der Waals surface area (Å²) in [6.07, 6.45) is 4.37. The third-order valence-corrected chi connectivity index (χ3v) is 6.42. The first-order valence-corrected chi connectivity index (χ1v) is 11.8. The van der Waals surface area contributed by atoms with Crippen molar-refractivity contribution < 1.29 is 9.53 Å². The lowest BCUT2D eigenvalue weighted by Gasteiger charge is -2.04. The number of methoxy groups -OCH3 is 1. The number of aromatic nitrogens is 1. The fourth-order valence-corrected chi connectivity index (χ4v) is 4.76. The fourth-order valence-electron chi connectivity index (χ4n) is 3.64. The number of thiazole rings is 1. The minimum atomic E-state index is -0.371. The lowest BCUT2D eigenvalue weighted by molar-refractivity contribution is 0.105. The number of ketones is 1. The average Bonchev–Trinajstić information content (AvgIpc) is 3.10. The molecule has 0 aliphatic carbocycles. The van der Waals surface area contributed by atoms with Gasteiger partial charge in [-0.3, -0.25) is 14.2 Å². The van der Waals surface area contributed by atoms with Crippen LogP contribution < -0.4 is 14.8 Å². The molecule has 0 unspecified atom stereocenters. The largest absolute Gasteiger partial charge is 0.385 e. The van der Waals surface area contributed by atoms with Crippen molar-refractivity contribution in [2.45, 2.75) is 39.7 Å². The zero-order valence-corrected chi connectivity index (χ0v) is 20.1.